The van der Waals surface area contributed by atoms with E-state index in [-0.39, 0.29) is 0 Å². The highest BCUT2D eigenvalue weighted by molar-refractivity contribution is 7.96. The Hall–Kier alpha value is -0.510. The summed E-state index contributed by atoms with van der Waals surface area (Å²) in [5.41, 5.74) is 0. The van der Waals surface area contributed by atoms with Crippen LogP contribution in [0.3, 0.4) is 0 Å². The molecule has 0 aromatic heterocycles. The molecule has 0 radical (unpaired) electrons. The summed E-state index contributed by atoms with van der Waals surface area (Å²) in [6.45, 7) is 0. The molecule has 1 atom stereocenters. The highest BCUT2D eigenvalue weighted by Crippen LogP contribution is 2.18. The van der Waals surface area contributed by atoms with E-state index >= 15 is 0 Å². The van der Waals surface area contributed by atoms with Crippen molar-refractivity contribution in [2.45, 2.75) is 6.18 Å². The third kappa shape index (κ3) is 3.41. The van der Waals surface area contributed by atoms with Crippen molar-refractivity contribution in [3.8, 4) is 0 Å². The second-order valence-electron chi connectivity index (χ2n) is 1.16. The van der Waals surface area contributed by atoms with Crippen molar-refractivity contribution < 1.29 is 36.8 Å². The molecule has 0 spiro atoms. The molecule has 66 valence electrons. The first-order valence-electron chi connectivity index (χ1n) is 1.91. The van der Waals surface area contributed by atoms with Gasteiger partial charge in [-0.3, -0.25) is 4.79 Å². The van der Waals surface area contributed by atoms with Crippen LogP contribution >= 0.6 is 0 Å². The van der Waals surface area contributed by atoms with Gasteiger partial charge < -0.3 is 0 Å². The molecule has 1 unspecified atom stereocenters. The van der Waals surface area contributed by atoms with Crippen LogP contribution < -0.4 is 0 Å². The number of carbonyl (C=O) groups excluding carboxylic acids is 1. The first kappa shape index (κ1) is 10.5. The van der Waals surface area contributed by atoms with Crippen molar-refractivity contribution in [3.63, 3.8) is 0 Å². The quantitative estimate of drug-likeness (QED) is 0.500. The molecular formula is C2HF3O5S. The number of halogens is 3. The molecule has 9 heteroatoms. The topological polar surface area (TPSA) is 72.8 Å². The Morgan fingerprint density at radius 1 is 1.45 bits per heavy atom. The van der Waals surface area contributed by atoms with Crippen LogP contribution in [0.2, 0.25) is 0 Å². The zero-order valence-corrected chi connectivity index (χ0v) is 5.44. The molecule has 11 heavy (non-hydrogen) atoms. The normalized spacial score (nSPS) is 14.5. The van der Waals surface area contributed by atoms with Crippen LogP contribution in [0.1, 0.15) is 0 Å². The molecule has 0 bridgehead atoms. The highest BCUT2D eigenvalue weighted by Gasteiger charge is 2.44. The van der Waals surface area contributed by atoms with Gasteiger partial charge in [0.25, 0.3) is 11.1 Å². The molecule has 0 rings (SSSR count). The van der Waals surface area contributed by atoms with E-state index in [1.165, 1.54) is 0 Å². The predicted molar refractivity (Wildman–Crippen MR) is 24.0 cm³/mol. The summed E-state index contributed by atoms with van der Waals surface area (Å²) in [7, 11) is 0. The number of hydrogen-bond acceptors (Lipinski definition) is 5. The maximum atomic E-state index is 11.3. The summed E-state index contributed by atoms with van der Waals surface area (Å²) in [5.74, 6) is 0. The molecular weight excluding hydrogens is 193 g/mol. The Morgan fingerprint density at radius 3 is 2.18 bits per heavy atom. The van der Waals surface area contributed by atoms with E-state index < -0.39 is 22.4 Å². The summed E-state index contributed by atoms with van der Waals surface area (Å²) < 4.78 is 46.7. The minimum absolute atomic E-state index is 2.60. The van der Waals surface area contributed by atoms with E-state index in [1.54, 1.807) is 0 Å². The van der Waals surface area contributed by atoms with Gasteiger partial charge in [-0.25, -0.2) is 9.47 Å². The second-order valence-corrected chi connectivity index (χ2v) is 2.14. The zero-order chi connectivity index (χ0) is 9.07. The highest BCUT2D eigenvalue weighted by atomic mass is 32.2. The number of hydrogen-bond donors (Lipinski definition) is 1. The van der Waals surface area contributed by atoms with E-state index in [0.29, 0.717) is 0 Å². The van der Waals surface area contributed by atoms with Gasteiger partial charge in [-0.2, -0.15) is 13.2 Å². The Kier molecular flexibility index (Phi) is 3.58. The van der Waals surface area contributed by atoms with E-state index in [1.807, 2.05) is 0 Å². The van der Waals surface area contributed by atoms with Gasteiger partial charge in [0.05, 0.1) is 0 Å². The van der Waals surface area contributed by atoms with Gasteiger partial charge in [0.1, 0.15) is 0 Å². The largest absolute Gasteiger partial charge is 0.466 e. The van der Waals surface area contributed by atoms with E-state index in [9.17, 15) is 22.2 Å². The van der Waals surface area contributed by atoms with Crippen molar-refractivity contribution in [2.75, 3.05) is 0 Å². The first-order chi connectivity index (χ1) is 4.89. The Bertz CT molecular complexity index is 175. The molecule has 0 amide bonds. The monoisotopic (exact) mass is 194 g/mol. The lowest BCUT2D eigenvalue weighted by Crippen LogP contribution is -2.27. The Balaban J connectivity index is 4.15. The maximum absolute atomic E-state index is 11.3. The van der Waals surface area contributed by atoms with Crippen molar-refractivity contribution in [1.82, 2.24) is 0 Å². The summed E-state index contributed by atoms with van der Waals surface area (Å²) in [4.78, 5) is 9.81. The van der Waals surface area contributed by atoms with Crippen molar-refractivity contribution in [1.29, 1.82) is 0 Å². The average molecular weight is 194 g/mol. The lowest BCUT2D eigenvalue weighted by atomic mass is 10.8. The summed E-state index contributed by atoms with van der Waals surface area (Å²) in [6.07, 6.45) is -5.27. The van der Waals surface area contributed by atoms with Gasteiger partial charge >= 0.3 is 11.3 Å². The smallest absolute Gasteiger partial charge is 0.271 e. The Labute approximate surface area is 60.2 Å². The van der Waals surface area contributed by atoms with Gasteiger partial charge in [-0.1, -0.05) is 9.37 Å². The van der Waals surface area contributed by atoms with Gasteiger partial charge in [0.2, 0.25) is 0 Å². The fourth-order valence-corrected chi connectivity index (χ4v) is 0.459. The van der Waals surface area contributed by atoms with Crippen molar-refractivity contribution >= 4 is 16.2 Å². The molecule has 0 aliphatic rings. The van der Waals surface area contributed by atoms with E-state index in [0.717, 1.165) is 0 Å². The third-order valence-corrected chi connectivity index (χ3v) is 1.19. The lowest BCUT2D eigenvalue weighted by Gasteiger charge is -2.00. The third-order valence-electron chi connectivity index (χ3n) is 0.475. The SMILES string of the molecule is O=C(S(=O)OOO)C(F)(F)F. The van der Waals surface area contributed by atoms with Crippen LogP contribution in [0.5, 0.6) is 0 Å². The molecule has 0 heterocycles. The second kappa shape index (κ2) is 3.76. The fraction of sp³-hybridized carbons (Fsp3) is 0.500. The molecule has 1 N–H and O–H groups in total. The molecule has 5 nitrogen and oxygen atoms in total. The van der Waals surface area contributed by atoms with Crippen LogP contribution in [0.15, 0.2) is 0 Å². The van der Waals surface area contributed by atoms with Crippen molar-refractivity contribution in [3.05, 3.63) is 0 Å². The fourth-order valence-electron chi connectivity index (χ4n) is 0.153. The average Bonchev–Trinajstić information content (AvgIpc) is 1.85. The van der Waals surface area contributed by atoms with E-state index in [4.69, 9.17) is 5.26 Å². The minimum Gasteiger partial charge on any atom is -0.271 e. The van der Waals surface area contributed by atoms with E-state index in [2.05, 4.69) is 9.37 Å². The molecule has 0 aromatic carbocycles. The zero-order valence-electron chi connectivity index (χ0n) is 4.62. The molecule has 0 aromatic rings. The van der Waals surface area contributed by atoms with Crippen LogP contribution in [0.25, 0.3) is 0 Å². The summed E-state index contributed by atoms with van der Waals surface area (Å²) in [6, 6.07) is 0. The molecule has 0 aliphatic carbocycles. The van der Waals surface area contributed by atoms with Gasteiger partial charge in [0, 0.05) is 0 Å². The first-order valence-corrected chi connectivity index (χ1v) is 2.98. The summed E-state index contributed by atoms with van der Waals surface area (Å²) in [5, 5.41) is 7.27. The van der Waals surface area contributed by atoms with Gasteiger partial charge in [0.15, 0.2) is 0 Å². The van der Waals surface area contributed by atoms with Crippen LogP contribution in [-0.4, -0.2) is 20.8 Å². The molecule has 0 saturated heterocycles. The van der Waals surface area contributed by atoms with Gasteiger partial charge in [-0.05, 0) is 0 Å². The summed E-state index contributed by atoms with van der Waals surface area (Å²) >= 11 is -3.37. The number of alkyl halides is 3. The van der Waals surface area contributed by atoms with Crippen LogP contribution in [-0.2, 0) is 25.2 Å². The number of carbonyl (C=O) groups is 1. The molecule has 0 aliphatic heterocycles. The predicted octanol–water partition coefficient (Wildman–Crippen LogP) is 0.160. The maximum Gasteiger partial charge on any atom is 0.466 e. The molecule has 0 saturated carbocycles. The Morgan fingerprint density at radius 2 is 1.91 bits per heavy atom. The molecule has 0 fully saturated rings. The lowest BCUT2D eigenvalue weighted by molar-refractivity contribution is -0.434. The van der Waals surface area contributed by atoms with Crippen molar-refractivity contribution in [2.24, 2.45) is 0 Å². The van der Waals surface area contributed by atoms with Crippen LogP contribution in [0.4, 0.5) is 13.2 Å². The minimum atomic E-state index is -5.27. The standard InChI is InChI=1S/C2HF3O5S/c3-2(4,5)1(6)11(8)10-9-7/h7H. The van der Waals surface area contributed by atoms with Gasteiger partial charge in [-0.15, -0.1) is 0 Å². The number of rotatable bonds is 2. The van der Waals surface area contributed by atoms with Crippen LogP contribution in [0, 0.1) is 0 Å².